The number of hydrogen-bond acceptors (Lipinski definition) is 3. The molecule has 0 bridgehead atoms. The first-order chi connectivity index (χ1) is 13.7. The number of nitrogens with zero attached hydrogens (tertiary/aromatic N) is 1. The van der Waals surface area contributed by atoms with Crippen molar-refractivity contribution in [1.82, 2.24) is 4.90 Å². The van der Waals surface area contributed by atoms with E-state index in [4.69, 9.17) is 9.47 Å². The fourth-order valence-electron chi connectivity index (χ4n) is 4.58. The molecule has 2 aromatic rings. The van der Waals surface area contributed by atoms with Gasteiger partial charge in [0.2, 0.25) is 0 Å². The smallest absolute Gasteiger partial charge is 0.254 e. The fourth-order valence-corrected chi connectivity index (χ4v) is 4.58. The van der Waals surface area contributed by atoms with Crippen molar-refractivity contribution in [3.05, 3.63) is 70.8 Å². The summed E-state index contributed by atoms with van der Waals surface area (Å²) in [7, 11) is 0. The number of aryl methyl sites for hydroxylation is 1. The van der Waals surface area contributed by atoms with Crippen LogP contribution in [0.2, 0.25) is 0 Å². The van der Waals surface area contributed by atoms with Gasteiger partial charge in [0.1, 0.15) is 0 Å². The topological polar surface area (TPSA) is 38.8 Å². The fraction of sp³-hybridized carbons (Fsp3) is 0.458. The number of rotatable bonds is 5. The van der Waals surface area contributed by atoms with Crippen molar-refractivity contribution in [3.8, 4) is 0 Å². The van der Waals surface area contributed by atoms with Crippen molar-refractivity contribution in [1.29, 1.82) is 0 Å². The molecule has 0 N–H and O–H groups in total. The van der Waals surface area contributed by atoms with Crippen LogP contribution in [0.25, 0.3) is 0 Å². The van der Waals surface area contributed by atoms with Gasteiger partial charge in [0.05, 0.1) is 13.2 Å². The Bertz CT molecular complexity index is 846. The molecular formula is C24H27NO3. The van der Waals surface area contributed by atoms with Crippen LogP contribution in [0.15, 0.2) is 48.5 Å². The molecule has 3 aliphatic rings. The zero-order chi connectivity index (χ0) is 19.1. The molecule has 0 atom stereocenters. The summed E-state index contributed by atoms with van der Waals surface area (Å²) in [6.07, 6.45) is 4.15. The number of carbonyl (C=O) groups is 1. The zero-order valence-electron chi connectivity index (χ0n) is 16.3. The van der Waals surface area contributed by atoms with E-state index in [-0.39, 0.29) is 12.2 Å². The van der Waals surface area contributed by atoms with Crippen molar-refractivity contribution in [2.45, 2.75) is 56.9 Å². The predicted octanol–water partition coefficient (Wildman–Crippen LogP) is 4.59. The molecular weight excluding hydrogens is 350 g/mol. The largest absolute Gasteiger partial charge is 0.346 e. The molecule has 28 heavy (non-hydrogen) atoms. The summed E-state index contributed by atoms with van der Waals surface area (Å²) < 4.78 is 11.1. The predicted molar refractivity (Wildman–Crippen MR) is 107 cm³/mol. The third-order valence-corrected chi connectivity index (χ3v) is 6.36. The number of amides is 1. The van der Waals surface area contributed by atoms with E-state index in [2.05, 4.69) is 36.1 Å². The highest BCUT2D eigenvalue weighted by Crippen LogP contribution is 2.45. The Morgan fingerprint density at radius 1 is 0.929 bits per heavy atom. The molecule has 1 heterocycles. The van der Waals surface area contributed by atoms with E-state index in [9.17, 15) is 4.79 Å². The van der Waals surface area contributed by atoms with E-state index >= 15 is 0 Å². The molecule has 0 spiro atoms. The Hall–Kier alpha value is -2.17. The molecule has 4 heteroatoms. The second-order valence-electron chi connectivity index (χ2n) is 8.32. The molecule has 0 unspecified atom stereocenters. The Morgan fingerprint density at radius 3 is 2.25 bits per heavy atom. The highest BCUT2D eigenvalue weighted by Gasteiger charge is 2.44. The van der Waals surface area contributed by atoms with E-state index in [1.54, 1.807) is 0 Å². The molecule has 5 rings (SSSR count). The lowest BCUT2D eigenvalue weighted by molar-refractivity contribution is -0.0441. The molecule has 3 fully saturated rings. The first-order valence-electron chi connectivity index (χ1n) is 10.4. The number of hydrogen-bond donors (Lipinski definition) is 0. The summed E-state index contributed by atoms with van der Waals surface area (Å²) in [5, 5.41) is 0. The van der Waals surface area contributed by atoms with Crippen LogP contribution in [-0.2, 0) is 9.47 Å². The quantitative estimate of drug-likeness (QED) is 0.765. The van der Waals surface area contributed by atoms with Gasteiger partial charge < -0.3 is 14.4 Å². The molecule has 1 amide bonds. The molecule has 2 saturated carbocycles. The van der Waals surface area contributed by atoms with Crippen LogP contribution in [0.4, 0.5) is 0 Å². The first-order valence-corrected chi connectivity index (χ1v) is 10.4. The minimum atomic E-state index is -0.287. The Kier molecular flexibility index (Phi) is 4.69. The lowest BCUT2D eigenvalue weighted by atomic mass is 9.73. The van der Waals surface area contributed by atoms with Gasteiger partial charge in [-0.2, -0.15) is 0 Å². The summed E-state index contributed by atoms with van der Waals surface area (Å²) >= 11 is 0. The highest BCUT2D eigenvalue weighted by molar-refractivity contribution is 5.95. The van der Waals surface area contributed by atoms with Gasteiger partial charge in [0.25, 0.3) is 5.91 Å². The Balaban J connectivity index is 1.28. The molecule has 2 aromatic carbocycles. The second kappa shape index (κ2) is 7.34. The third-order valence-electron chi connectivity index (χ3n) is 6.36. The van der Waals surface area contributed by atoms with Crippen LogP contribution in [0.1, 0.15) is 64.9 Å². The van der Waals surface area contributed by atoms with Gasteiger partial charge >= 0.3 is 0 Å². The van der Waals surface area contributed by atoms with E-state index in [1.807, 2.05) is 24.3 Å². The zero-order valence-corrected chi connectivity index (χ0v) is 16.3. The Labute approximate surface area is 166 Å². The second-order valence-corrected chi connectivity index (χ2v) is 8.32. The summed E-state index contributed by atoms with van der Waals surface area (Å²) in [5.74, 6) is 0.759. The normalized spacial score (nSPS) is 24.8. The number of benzene rings is 2. The van der Waals surface area contributed by atoms with Crippen LogP contribution in [-0.4, -0.2) is 36.1 Å². The molecule has 1 aliphatic heterocycles. The maximum atomic E-state index is 13.3. The van der Waals surface area contributed by atoms with E-state index in [0.717, 1.165) is 36.8 Å². The summed E-state index contributed by atoms with van der Waals surface area (Å²) in [6, 6.07) is 17.2. The Morgan fingerprint density at radius 2 is 1.61 bits per heavy atom. The van der Waals surface area contributed by atoms with Crippen molar-refractivity contribution < 1.29 is 14.3 Å². The van der Waals surface area contributed by atoms with Gasteiger partial charge in [-0.25, -0.2) is 0 Å². The first kappa shape index (κ1) is 17.9. The van der Waals surface area contributed by atoms with Crippen LogP contribution in [0.3, 0.4) is 0 Å². The van der Waals surface area contributed by atoms with Crippen LogP contribution < -0.4 is 0 Å². The van der Waals surface area contributed by atoms with Crippen LogP contribution in [0.5, 0.6) is 0 Å². The molecule has 0 aromatic heterocycles. The van der Waals surface area contributed by atoms with Gasteiger partial charge in [0, 0.05) is 23.2 Å². The highest BCUT2D eigenvalue weighted by atomic mass is 16.7. The molecule has 1 saturated heterocycles. The van der Waals surface area contributed by atoms with Gasteiger partial charge in [-0.15, -0.1) is 0 Å². The molecule has 4 nitrogen and oxygen atoms in total. The minimum Gasteiger partial charge on any atom is -0.346 e. The van der Waals surface area contributed by atoms with Gasteiger partial charge in [-0.05, 0) is 61.8 Å². The van der Waals surface area contributed by atoms with Gasteiger partial charge in [-0.3, -0.25) is 4.79 Å². The SMILES string of the molecule is Cc1ccccc1C1CC(N(C(=O)c2ccc(C3OCCO3)cc2)C2CC2)C1. The standard InChI is InChI=1S/C24H27NO3/c1-16-4-2-3-5-22(16)19-14-21(15-19)25(20-10-11-20)23(26)17-6-8-18(9-7-17)24-27-12-13-28-24/h2-9,19-21,24H,10-15H2,1H3. The lowest BCUT2D eigenvalue weighted by Crippen LogP contribution is -2.48. The summed E-state index contributed by atoms with van der Waals surface area (Å²) in [4.78, 5) is 15.4. The molecule has 2 aliphatic carbocycles. The maximum Gasteiger partial charge on any atom is 0.254 e. The van der Waals surface area contributed by atoms with Gasteiger partial charge in [-0.1, -0.05) is 36.4 Å². The number of ether oxygens (including phenoxy) is 2. The monoisotopic (exact) mass is 377 g/mol. The van der Waals surface area contributed by atoms with Crippen LogP contribution in [0, 0.1) is 6.92 Å². The molecule has 0 radical (unpaired) electrons. The van der Waals surface area contributed by atoms with Crippen molar-refractivity contribution in [2.75, 3.05) is 13.2 Å². The van der Waals surface area contributed by atoms with E-state index < -0.39 is 0 Å². The third kappa shape index (κ3) is 3.36. The van der Waals surface area contributed by atoms with Crippen molar-refractivity contribution in [2.24, 2.45) is 0 Å². The summed E-state index contributed by atoms with van der Waals surface area (Å²) in [5.41, 5.74) is 4.56. The number of carbonyl (C=O) groups excluding carboxylic acids is 1. The lowest BCUT2D eigenvalue weighted by Gasteiger charge is -2.44. The van der Waals surface area contributed by atoms with E-state index in [1.165, 1.54) is 11.1 Å². The minimum absolute atomic E-state index is 0.176. The average molecular weight is 377 g/mol. The van der Waals surface area contributed by atoms with Crippen molar-refractivity contribution >= 4 is 5.91 Å². The molecule has 146 valence electrons. The van der Waals surface area contributed by atoms with E-state index in [0.29, 0.717) is 31.2 Å². The van der Waals surface area contributed by atoms with Crippen molar-refractivity contribution in [3.63, 3.8) is 0 Å². The summed E-state index contributed by atoms with van der Waals surface area (Å²) in [6.45, 7) is 3.45. The maximum absolute atomic E-state index is 13.3. The van der Waals surface area contributed by atoms with Crippen LogP contribution >= 0.6 is 0 Å². The average Bonchev–Trinajstić information content (AvgIpc) is 3.37. The van der Waals surface area contributed by atoms with Gasteiger partial charge in [0.15, 0.2) is 6.29 Å².